The van der Waals surface area contributed by atoms with E-state index in [9.17, 15) is 9.59 Å². The lowest BCUT2D eigenvalue weighted by atomic mass is 10.1. The van der Waals surface area contributed by atoms with Crippen LogP contribution >= 0.6 is 15.9 Å². The Morgan fingerprint density at radius 1 is 1.22 bits per heavy atom. The summed E-state index contributed by atoms with van der Waals surface area (Å²) in [4.78, 5) is 29.2. The minimum Gasteiger partial charge on any atom is -0.360 e. The number of aromatic nitrogens is 1. The van der Waals surface area contributed by atoms with Crippen LogP contribution < -0.4 is 5.32 Å². The predicted molar refractivity (Wildman–Crippen MR) is 106 cm³/mol. The summed E-state index contributed by atoms with van der Waals surface area (Å²) >= 11 is 3.38. The maximum Gasteiger partial charge on any atom is 0.253 e. The van der Waals surface area contributed by atoms with Gasteiger partial charge in [-0.25, -0.2) is 0 Å². The lowest BCUT2D eigenvalue weighted by molar-refractivity contribution is -0.122. The van der Waals surface area contributed by atoms with Crippen molar-refractivity contribution < 1.29 is 14.1 Å². The second kappa shape index (κ2) is 8.67. The molecule has 2 aromatic rings. The van der Waals surface area contributed by atoms with Crippen molar-refractivity contribution in [3.8, 4) is 0 Å². The highest BCUT2D eigenvalue weighted by Gasteiger charge is 2.30. The van der Waals surface area contributed by atoms with Crippen LogP contribution in [-0.2, 0) is 4.79 Å². The van der Waals surface area contributed by atoms with E-state index in [-0.39, 0.29) is 17.9 Å². The van der Waals surface area contributed by atoms with Gasteiger partial charge >= 0.3 is 0 Å². The van der Waals surface area contributed by atoms with Gasteiger partial charge in [0.15, 0.2) is 5.82 Å². The fourth-order valence-electron chi connectivity index (χ4n) is 3.26. The number of nitrogens with zero attached hydrogens (tertiary/aromatic N) is 3. The van der Waals surface area contributed by atoms with Crippen molar-refractivity contribution in [3.05, 3.63) is 46.1 Å². The quantitative estimate of drug-likeness (QED) is 0.782. The number of carbonyl (C=O) groups excluding carboxylic acids is 2. The summed E-state index contributed by atoms with van der Waals surface area (Å²) in [5.41, 5.74) is 0.679. The molecule has 1 aromatic heterocycles. The van der Waals surface area contributed by atoms with Gasteiger partial charge in [0.1, 0.15) is 5.76 Å². The van der Waals surface area contributed by atoms with Crippen molar-refractivity contribution in [1.82, 2.24) is 15.0 Å². The molecule has 1 aromatic carbocycles. The molecule has 27 heavy (non-hydrogen) atoms. The average Bonchev–Trinajstić information content (AvgIpc) is 3.07. The van der Waals surface area contributed by atoms with Crippen molar-refractivity contribution in [2.24, 2.45) is 0 Å². The van der Waals surface area contributed by atoms with E-state index in [4.69, 9.17) is 4.52 Å². The van der Waals surface area contributed by atoms with E-state index < -0.39 is 0 Å². The lowest BCUT2D eigenvalue weighted by Crippen LogP contribution is -2.54. The first-order valence-electron chi connectivity index (χ1n) is 9.01. The molecule has 0 bridgehead atoms. The summed E-state index contributed by atoms with van der Waals surface area (Å²) < 4.78 is 5.94. The zero-order valence-corrected chi connectivity index (χ0v) is 17.0. The van der Waals surface area contributed by atoms with Crippen molar-refractivity contribution in [1.29, 1.82) is 0 Å². The number of benzene rings is 1. The Bertz CT molecular complexity index is 798. The summed E-state index contributed by atoms with van der Waals surface area (Å²) in [6, 6.07) is 8.81. The Morgan fingerprint density at radius 3 is 2.44 bits per heavy atom. The molecular weight excluding hydrogens is 412 g/mol. The zero-order valence-electron chi connectivity index (χ0n) is 15.4. The van der Waals surface area contributed by atoms with Gasteiger partial charge in [-0.2, -0.15) is 0 Å². The van der Waals surface area contributed by atoms with E-state index in [1.807, 2.05) is 36.1 Å². The van der Waals surface area contributed by atoms with Gasteiger partial charge in [0, 0.05) is 42.3 Å². The number of anilines is 1. The van der Waals surface area contributed by atoms with Gasteiger partial charge < -0.3 is 14.7 Å². The number of halogens is 1. The van der Waals surface area contributed by atoms with Gasteiger partial charge in [0.25, 0.3) is 5.91 Å². The molecule has 8 heteroatoms. The SMILES string of the molecule is CCC(C(=O)Nc1cc(C)on1)N1CCN(C(=O)c2ccc(Br)cc2)CC1. The van der Waals surface area contributed by atoms with E-state index in [0.29, 0.717) is 49.7 Å². The summed E-state index contributed by atoms with van der Waals surface area (Å²) in [5, 5.41) is 6.62. The molecule has 2 amide bonds. The van der Waals surface area contributed by atoms with Crippen LogP contribution in [0.4, 0.5) is 5.82 Å². The molecule has 1 aliphatic rings. The van der Waals surface area contributed by atoms with Crippen molar-refractivity contribution in [2.75, 3.05) is 31.5 Å². The van der Waals surface area contributed by atoms with Gasteiger partial charge in [0.05, 0.1) is 6.04 Å². The molecule has 2 heterocycles. The molecule has 1 aliphatic heterocycles. The van der Waals surface area contributed by atoms with Gasteiger partial charge in [-0.1, -0.05) is 28.0 Å². The molecule has 1 unspecified atom stereocenters. The molecule has 1 saturated heterocycles. The fraction of sp³-hybridized carbons (Fsp3) is 0.421. The summed E-state index contributed by atoms with van der Waals surface area (Å²) in [6.45, 7) is 6.28. The number of piperazine rings is 1. The highest BCUT2D eigenvalue weighted by molar-refractivity contribution is 9.10. The standard InChI is InChI=1S/C19H23BrN4O3/c1-3-16(18(25)21-17-12-13(2)27-22-17)23-8-10-24(11-9-23)19(26)14-4-6-15(20)7-5-14/h4-7,12,16H,3,8-11H2,1-2H3,(H,21,22,25). The first-order chi connectivity index (χ1) is 13.0. The van der Waals surface area contributed by atoms with Gasteiger partial charge in [-0.15, -0.1) is 0 Å². The summed E-state index contributed by atoms with van der Waals surface area (Å²) in [6.07, 6.45) is 0.684. The fourth-order valence-corrected chi connectivity index (χ4v) is 3.52. The first kappa shape index (κ1) is 19.6. The Kier molecular flexibility index (Phi) is 6.28. The molecule has 1 fully saturated rings. The van der Waals surface area contributed by atoms with Gasteiger partial charge in [-0.3, -0.25) is 14.5 Å². The average molecular weight is 435 g/mol. The maximum absolute atomic E-state index is 12.6. The molecule has 0 saturated carbocycles. The number of rotatable bonds is 5. The molecule has 144 valence electrons. The maximum atomic E-state index is 12.6. The Balaban J connectivity index is 1.57. The Morgan fingerprint density at radius 2 is 1.89 bits per heavy atom. The number of aryl methyl sites for hydroxylation is 1. The normalized spacial score (nSPS) is 16.2. The zero-order chi connectivity index (χ0) is 19.4. The van der Waals surface area contributed by atoms with Crippen LogP contribution in [0.15, 0.2) is 39.3 Å². The van der Waals surface area contributed by atoms with E-state index >= 15 is 0 Å². The van der Waals surface area contributed by atoms with E-state index in [2.05, 4.69) is 31.3 Å². The van der Waals surface area contributed by atoms with Gasteiger partial charge in [-0.05, 0) is 37.6 Å². The smallest absolute Gasteiger partial charge is 0.253 e. The predicted octanol–water partition coefficient (Wildman–Crippen LogP) is 2.92. The molecule has 0 radical (unpaired) electrons. The van der Waals surface area contributed by atoms with Crippen LogP contribution in [0, 0.1) is 6.92 Å². The highest BCUT2D eigenvalue weighted by Crippen LogP contribution is 2.16. The summed E-state index contributed by atoms with van der Waals surface area (Å²) in [5.74, 6) is 1.01. The third kappa shape index (κ3) is 4.75. The molecule has 7 nitrogen and oxygen atoms in total. The Labute approximate surface area is 166 Å². The van der Waals surface area contributed by atoms with Crippen LogP contribution in [0.25, 0.3) is 0 Å². The number of amides is 2. The topological polar surface area (TPSA) is 78.7 Å². The van der Waals surface area contributed by atoms with E-state index in [0.717, 1.165) is 4.47 Å². The molecule has 1 N–H and O–H groups in total. The minimum absolute atomic E-state index is 0.0257. The first-order valence-corrected chi connectivity index (χ1v) is 9.80. The highest BCUT2D eigenvalue weighted by atomic mass is 79.9. The van der Waals surface area contributed by atoms with Crippen LogP contribution in [0.1, 0.15) is 29.5 Å². The lowest BCUT2D eigenvalue weighted by Gasteiger charge is -2.38. The van der Waals surface area contributed by atoms with Crippen LogP contribution in [-0.4, -0.2) is 59.0 Å². The second-order valence-corrected chi connectivity index (χ2v) is 7.49. The van der Waals surface area contributed by atoms with Crippen molar-refractivity contribution in [2.45, 2.75) is 26.3 Å². The minimum atomic E-state index is -0.257. The largest absolute Gasteiger partial charge is 0.360 e. The Hall–Kier alpha value is -2.19. The third-order valence-corrected chi connectivity index (χ3v) is 5.23. The number of carbonyl (C=O) groups is 2. The molecule has 0 spiro atoms. The number of hydrogen-bond acceptors (Lipinski definition) is 5. The molecule has 0 aliphatic carbocycles. The number of hydrogen-bond donors (Lipinski definition) is 1. The monoisotopic (exact) mass is 434 g/mol. The molecule has 3 rings (SSSR count). The number of nitrogens with one attached hydrogen (secondary N) is 1. The van der Waals surface area contributed by atoms with Crippen LogP contribution in [0.2, 0.25) is 0 Å². The van der Waals surface area contributed by atoms with Gasteiger partial charge in [0.2, 0.25) is 5.91 Å². The van der Waals surface area contributed by atoms with Crippen molar-refractivity contribution in [3.63, 3.8) is 0 Å². The third-order valence-electron chi connectivity index (χ3n) is 4.70. The molecular formula is C19H23BrN4O3. The second-order valence-electron chi connectivity index (χ2n) is 6.57. The van der Waals surface area contributed by atoms with Crippen LogP contribution in [0.3, 0.4) is 0 Å². The van der Waals surface area contributed by atoms with E-state index in [1.165, 1.54) is 0 Å². The molecule has 1 atom stereocenters. The van der Waals surface area contributed by atoms with E-state index in [1.54, 1.807) is 13.0 Å². The van der Waals surface area contributed by atoms with Crippen LogP contribution in [0.5, 0.6) is 0 Å². The van der Waals surface area contributed by atoms with Crippen molar-refractivity contribution >= 4 is 33.6 Å². The summed E-state index contributed by atoms with van der Waals surface area (Å²) in [7, 11) is 0.